The zero-order chi connectivity index (χ0) is 40.3. The third-order valence-corrected chi connectivity index (χ3v) is 13.6. The maximum atomic E-state index is 12.7. The van der Waals surface area contributed by atoms with E-state index in [9.17, 15) is 19.0 Å². The summed E-state index contributed by atoms with van der Waals surface area (Å²) in [7, 11) is 1.16. The molecule has 0 radical (unpaired) electrons. The molecule has 0 rings (SSSR count). The zero-order valence-electron chi connectivity index (χ0n) is 35.3. The van der Waals surface area contributed by atoms with E-state index >= 15 is 0 Å². The predicted octanol–water partition coefficient (Wildman–Crippen LogP) is 12.1. The van der Waals surface area contributed by atoms with Crippen molar-refractivity contribution in [3.63, 3.8) is 0 Å². The third-order valence-electron chi connectivity index (χ3n) is 9.73. The molecule has 0 aromatic heterocycles. The lowest BCUT2D eigenvalue weighted by Crippen LogP contribution is -2.37. The molecule has 3 unspecified atom stereocenters. The molecule has 0 heterocycles. The number of hydrogen-bond acceptors (Lipinski definition) is 8. The van der Waals surface area contributed by atoms with Crippen molar-refractivity contribution in [2.45, 2.75) is 209 Å². The van der Waals surface area contributed by atoms with Crippen molar-refractivity contribution < 1.29 is 42.1 Å². The van der Waals surface area contributed by atoms with E-state index in [-0.39, 0.29) is 32.0 Å². The Bertz CT molecular complexity index is 938. The molecule has 0 aromatic rings. The van der Waals surface area contributed by atoms with Crippen molar-refractivity contribution in [2.24, 2.45) is 0 Å². The number of hydrogen-bond donors (Lipinski definition) is 0. The quantitative estimate of drug-likeness (QED) is 0.0196. The van der Waals surface area contributed by atoms with Crippen molar-refractivity contribution in [2.75, 3.05) is 47.5 Å². The molecule has 322 valence electrons. The van der Waals surface area contributed by atoms with Gasteiger partial charge >= 0.3 is 11.9 Å². The van der Waals surface area contributed by atoms with Crippen LogP contribution in [0.3, 0.4) is 0 Å². The molecule has 0 amide bonds. The first-order valence-electron chi connectivity index (χ1n) is 21.8. The van der Waals surface area contributed by atoms with Gasteiger partial charge in [0.1, 0.15) is 19.8 Å². The monoisotopic (exact) mass is 917 g/mol. The number of rotatable bonds is 40. The minimum absolute atomic E-state index is 0.0327. The van der Waals surface area contributed by atoms with Gasteiger partial charge in [0.2, 0.25) is 0 Å². The Morgan fingerprint density at radius 3 is 1.39 bits per heavy atom. The van der Waals surface area contributed by atoms with Crippen LogP contribution in [0.15, 0.2) is 0 Å². The number of esters is 2. The van der Waals surface area contributed by atoms with E-state index in [1.807, 2.05) is 21.1 Å². The summed E-state index contributed by atoms with van der Waals surface area (Å²) in [5, 5.41) is 0. The van der Waals surface area contributed by atoms with E-state index in [4.69, 9.17) is 18.5 Å². The number of unbranched alkanes of at least 4 members (excludes halogenated alkanes) is 21. The van der Waals surface area contributed by atoms with Crippen molar-refractivity contribution in [3.8, 4) is 0 Å². The standard InChI is InChI=1S/C42H82Br2NO8P/c1-6-8-10-12-14-15-16-17-18-19-20-24-28-32-41(46)50-36-38(37-52-54(48,49)51-35-34-45(3,4)5)53-42(47)33-29-25-21-23-27-31-40(44)39(43)30-26-22-13-11-9-7-2/h38-40H,6-37H2,1-5H3/t38-,39?,40?/m1/s1. The van der Waals surface area contributed by atoms with Gasteiger partial charge in [-0.3, -0.25) is 14.2 Å². The number of carbonyl (C=O) groups excluding carboxylic acids is 2. The summed E-state index contributed by atoms with van der Waals surface area (Å²) in [4.78, 5) is 38.6. The van der Waals surface area contributed by atoms with Gasteiger partial charge in [-0.15, -0.1) is 0 Å². The molecule has 0 N–H and O–H groups in total. The number of phosphoric ester groups is 1. The Kier molecular flexibility index (Phi) is 36.1. The number of nitrogens with zero attached hydrogens (tertiary/aromatic N) is 1. The van der Waals surface area contributed by atoms with Crippen molar-refractivity contribution in [1.29, 1.82) is 0 Å². The highest BCUT2D eigenvalue weighted by Gasteiger charge is 2.22. The Hall–Kier alpha value is -0.0300. The molecule has 0 spiro atoms. The highest BCUT2D eigenvalue weighted by Crippen LogP contribution is 2.38. The second-order valence-corrected chi connectivity index (χ2v) is 20.0. The molecule has 0 saturated carbocycles. The van der Waals surface area contributed by atoms with Gasteiger partial charge < -0.3 is 27.9 Å². The average Bonchev–Trinajstić information content (AvgIpc) is 3.11. The highest BCUT2D eigenvalue weighted by molar-refractivity contribution is 9.12. The summed E-state index contributed by atoms with van der Waals surface area (Å²) in [5.74, 6) is -0.844. The summed E-state index contributed by atoms with van der Waals surface area (Å²) >= 11 is 7.74. The third kappa shape index (κ3) is 37.5. The van der Waals surface area contributed by atoms with E-state index in [0.717, 1.165) is 51.4 Å². The second-order valence-electron chi connectivity index (χ2n) is 16.3. The van der Waals surface area contributed by atoms with Crippen LogP contribution in [-0.2, 0) is 32.7 Å². The summed E-state index contributed by atoms with van der Waals surface area (Å²) in [6, 6.07) is 0. The largest absolute Gasteiger partial charge is 0.756 e. The molecule has 12 heteroatoms. The fraction of sp³-hybridized carbons (Fsp3) is 0.952. The minimum Gasteiger partial charge on any atom is -0.756 e. The molecule has 0 saturated heterocycles. The Balaban J connectivity index is 4.46. The molecule has 0 fully saturated rings. The molecule has 0 aliphatic carbocycles. The summed E-state index contributed by atoms with van der Waals surface area (Å²) in [6.07, 6.45) is 30.4. The first-order chi connectivity index (χ1) is 25.8. The van der Waals surface area contributed by atoms with E-state index in [1.54, 1.807) is 0 Å². The van der Waals surface area contributed by atoms with Gasteiger partial charge in [-0.2, -0.15) is 0 Å². The summed E-state index contributed by atoms with van der Waals surface area (Å²) < 4.78 is 33.9. The zero-order valence-corrected chi connectivity index (χ0v) is 39.3. The molecule has 9 nitrogen and oxygen atoms in total. The van der Waals surface area contributed by atoms with Gasteiger partial charge in [0.15, 0.2) is 6.10 Å². The summed E-state index contributed by atoms with van der Waals surface area (Å²) in [6.45, 7) is 4.21. The number of likely N-dealkylation sites (N-methyl/N-ethyl adjacent to an activating group) is 1. The highest BCUT2D eigenvalue weighted by atomic mass is 79.9. The smallest absolute Gasteiger partial charge is 0.306 e. The van der Waals surface area contributed by atoms with Crippen molar-refractivity contribution in [1.82, 2.24) is 0 Å². The van der Waals surface area contributed by atoms with Crippen LogP contribution in [-0.4, -0.2) is 79.7 Å². The lowest BCUT2D eigenvalue weighted by Gasteiger charge is -2.28. The van der Waals surface area contributed by atoms with Crippen LogP contribution in [0.2, 0.25) is 0 Å². The van der Waals surface area contributed by atoms with E-state index < -0.39 is 26.5 Å². The van der Waals surface area contributed by atoms with Gasteiger partial charge in [-0.05, 0) is 25.7 Å². The molecule has 0 aliphatic heterocycles. The van der Waals surface area contributed by atoms with Crippen LogP contribution in [0.4, 0.5) is 0 Å². The van der Waals surface area contributed by atoms with E-state index in [2.05, 4.69) is 45.7 Å². The van der Waals surface area contributed by atoms with Gasteiger partial charge in [-0.25, -0.2) is 0 Å². The lowest BCUT2D eigenvalue weighted by atomic mass is 10.0. The molecular weight excluding hydrogens is 837 g/mol. The lowest BCUT2D eigenvalue weighted by molar-refractivity contribution is -0.870. The Morgan fingerprint density at radius 2 is 0.963 bits per heavy atom. The van der Waals surface area contributed by atoms with E-state index in [0.29, 0.717) is 27.1 Å². The fourth-order valence-corrected chi connectivity index (χ4v) is 8.07. The maximum absolute atomic E-state index is 12.7. The van der Waals surface area contributed by atoms with Gasteiger partial charge in [0.05, 0.1) is 27.7 Å². The van der Waals surface area contributed by atoms with E-state index in [1.165, 1.54) is 109 Å². The number of carbonyl (C=O) groups is 2. The molecule has 0 bridgehead atoms. The van der Waals surface area contributed by atoms with Gasteiger partial charge in [-0.1, -0.05) is 187 Å². The van der Waals surface area contributed by atoms with Crippen LogP contribution >= 0.6 is 39.7 Å². The molecule has 4 atom stereocenters. The Morgan fingerprint density at radius 1 is 0.574 bits per heavy atom. The van der Waals surface area contributed by atoms with Crippen LogP contribution in [0, 0.1) is 0 Å². The second kappa shape index (κ2) is 36.1. The minimum atomic E-state index is -4.63. The van der Waals surface area contributed by atoms with Crippen molar-refractivity contribution >= 4 is 51.6 Å². The number of phosphoric acid groups is 1. The number of ether oxygens (including phenoxy) is 2. The average molecular weight is 920 g/mol. The SMILES string of the molecule is CCCCCCCCCCCCCCCC(=O)OC[C@H](COP(=O)([O-])OCC[N+](C)(C)C)OC(=O)CCCCCCCC(Br)C(Br)CCCCCCCC. The number of alkyl halides is 2. The molecule has 0 aromatic carbocycles. The fourth-order valence-electron chi connectivity index (χ4n) is 6.16. The number of halogens is 2. The molecule has 0 aliphatic rings. The van der Waals surface area contributed by atoms with Crippen molar-refractivity contribution in [3.05, 3.63) is 0 Å². The van der Waals surface area contributed by atoms with Gasteiger partial charge in [0.25, 0.3) is 7.82 Å². The van der Waals surface area contributed by atoms with Crippen LogP contribution in [0.25, 0.3) is 0 Å². The molecular formula is C42H82Br2NO8P. The van der Waals surface area contributed by atoms with Gasteiger partial charge in [0, 0.05) is 22.5 Å². The first kappa shape index (κ1) is 54.0. The number of quaternary nitrogens is 1. The summed E-state index contributed by atoms with van der Waals surface area (Å²) in [5.41, 5.74) is 0. The molecule has 54 heavy (non-hydrogen) atoms. The normalized spacial score (nSPS) is 14.7. The Labute approximate surface area is 349 Å². The maximum Gasteiger partial charge on any atom is 0.306 e. The van der Waals surface area contributed by atoms with Crippen LogP contribution < -0.4 is 4.89 Å². The van der Waals surface area contributed by atoms with Crippen LogP contribution in [0.1, 0.15) is 194 Å². The predicted molar refractivity (Wildman–Crippen MR) is 229 cm³/mol. The topological polar surface area (TPSA) is 111 Å². The first-order valence-corrected chi connectivity index (χ1v) is 25.1. The van der Waals surface area contributed by atoms with Crippen LogP contribution in [0.5, 0.6) is 0 Å².